The van der Waals surface area contributed by atoms with E-state index in [2.05, 4.69) is 10.3 Å². The molecular formula is C17H27FIN3O3S. The van der Waals surface area contributed by atoms with Crippen molar-refractivity contribution in [1.29, 1.82) is 0 Å². The number of hydrogen-bond donors (Lipinski definition) is 1. The molecule has 1 aliphatic heterocycles. The van der Waals surface area contributed by atoms with E-state index in [9.17, 15) is 12.8 Å². The molecule has 0 radical (unpaired) electrons. The lowest BCUT2D eigenvalue weighted by atomic mass is 10.1. The maximum atomic E-state index is 13.7. The molecule has 1 aromatic rings. The topological polar surface area (TPSA) is 71.0 Å². The third-order valence-electron chi connectivity index (χ3n) is 4.05. The summed E-state index contributed by atoms with van der Waals surface area (Å²) in [5, 5.41) is 3.16. The monoisotopic (exact) mass is 499 g/mol. The third-order valence-corrected chi connectivity index (χ3v) is 5.77. The Labute approximate surface area is 172 Å². The molecule has 2 rings (SSSR count). The lowest BCUT2D eigenvalue weighted by Crippen LogP contribution is -2.41. The lowest BCUT2D eigenvalue weighted by Gasteiger charge is -2.24. The van der Waals surface area contributed by atoms with Gasteiger partial charge in [-0.3, -0.25) is 4.99 Å². The molecule has 0 aromatic heterocycles. The van der Waals surface area contributed by atoms with Crippen LogP contribution >= 0.6 is 24.0 Å². The number of guanidine groups is 1. The Morgan fingerprint density at radius 2 is 2.15 bits per heavy atom. The van der Waals surface area contributed by atoms with Crippen LogP contribution < -0.4 is 5.32 Å². The van der Waals surface area contributed by atoms with Crippen LogP contribution in [0.1, 0.15) is 13.3 Å². The summed E-state index contributed by atoms with van der Waals surface area (Å²) in [7, 11) is -1.78. The molecule has 1 unspecified atom stereocenters. The summed E-state index contributed by atoms with van der Waals surface area (Å²) in [5.41, 5.74) is 0. The van der Waals surface area contributed by atoms with Crippen LogP contribution in [0, 0.1) is 11.7 Å². The summed E-state index contributed by atoms with van der Waals surface area (Å²) in [6, 6.07) is 5.42. The van der Waals surface area contributed by atoms with E-state index >= 15 is 0 Å². The van der Waals surface area contributed by atoms with E-state index in [1.807, 2.05) is 18.9 Å². The van der Waals surface area contributed by atoms with Gasteiger partial charge in [-0.25, -0.2) is 12.8 Å². The molecule has 1 heterocycles. The van der Waals surface area contributed by atoms with Crippen LogP contribution in [-0.2, 0) is 14.6 Å². The molecule has 26 heavy (non-hydrogen) atoms. The van der Waals surface area contributed by atoms with Crippen LogP contribution in [0.5, 0.6) is 0 Å². The Kier molecular flexibility index (Phi) is 9.80. The van der Waals surface area contributed by atoms with Crippen LogP contribution in [0.15, 0.2) is 34.2 Å². The summed E-state index contributed by atoms with van der Waals surface area (Å²) in [6.07, 6.45) is 1.02. The highest BCUT2D eigenvalue weighted by atomic mass is 127. The fraction of sp³-hybridized carbons (Fsp3) is 0.588. The van der Waals surface area contributed by atoms with Crippen molar-refractivity contribution in [3.63, 3.8) is 0 Å². The number of aliphatic imine (C=N–C) groups is 1. The third kappa shape index (κ3) is 6.66. The normalized spacial score (nSPS) is 17.7. The summed E-state index contributed by atoms with van der Waals surface area (Å²) in [6.45, 7) is 5.04. The number of ether oxygens (including phenoxy) is 1. The predicted octanol–water partition coefficient (Wildman–Crippen LogP) is 2.15. The Morgan fingerprint density at radius 1 is 1.42 bits per heavy atom. The zero-order valence-electron chi connectivity index (χ0n) is 15.2. The number of hydrogen-bond acceptors (Lipinski definition) is 4. The second-order valence-electron chi connectivity index (χ2n) is 6.10. The van der Waals surface area contributed by atoms with Crippen LogP contribution in [0.3, 0.4) is 0 Å². The molecule has 1 aromatic carbocycles. The van der Waals surface area contributed by atoms with Crippen molar-refractivity contribution in [2.75, 3.05) is 45.6 Å². The number of nitrogens with zero attached hydrogens (tertiary/aromatic N) is 2. The van der Waals surface area contributed by atoms with Crippen molar-refractivity contribution < 1.29 is 17.5 Å². The number of benzene rings is 1. The maximum absolute atomic E-state index is 13.7. The molecule has 1 atom stereocenters. The van der Waals surface area contributed by atoms with Gasteiger partial charge in [0.05, 0.1) is 18.9 Å². The van der Waals surface area contributed by atoms with Crippen molar-refractivity contribution in [2.24, 2.45) is 10.9 Å². The van der Waals surface area contributed by atoms with E-state index in [4.69, 9.17) is 4.74 Å². The Balaban J connectivity index is 0.00000338. The van der Waals surface area contributed by atoms with Crippen molar-refractivity contribution in [3.05, 3.63) is 30.1 Å². The summed E-state index contributed by atoms with van der Waals surface area (Å²) < 4.78 is 43.6. The van der Waals surface area contributed by atoms with Gasteiger partial charge in [0.25, 0.3) is 0 Å². The number of rotatable bonds is 7. The van der Waals surface area contributed by atoms with Gasteiger partial charge in [0.2, 0.25) is 0 Å². The first-order valence-corrected chi connectivity index (χ1v) is 10.1. The molecule has 0 aliphatic carbocycles. The van der Waals surface area contributed by atoms with E-state index in [1.54, 1.807) is 0 Å². The number of sulfone groups is 1. The maximum Gasteiger partial charge on any atom is 0.193 e. The molecule has 1 aliphatic rings. The minimum absolute atomic E-state index is 0. The van der Waals surface area contributed by atoms with Gasteiger partial charge < -0.3 is 15.0 Å². The molecule has 0 bridgehead atoms. The molecule has 6 nitrogen and oxygen atoms in total. The van der Waals surface area contributed by atoms with Crippen molar-refractivity contribution in [2.45, 2.75) is 18.2 Å². The van der Waals surface area contributed by atoms with Gasteiger partial charge >= 0.3 is 0 Å². The summed E-state index contributed by atoms with van der Waals surface area (Å²) in [4.78, 5) is 6.10. The minimum atomic E-state index is -3.70. The standard InChI is InChI=1S/C17H26FN3O3S.HI/c1-3-19-17(21(2)12-14-8-10-24-13-14)20-9-11-25(22,23)16-7-5-4-6-15(16)18;/h4-7,14H,3,8-13H2,1-2H3,(H,19,20);1H. The summed E-state index contributed by atoms with van der Waals surface area (Å²) >= 11 is 0. The van der Waals surface area contributed by atoms with Crippen LogP contribution in [0.25, 0.3) is 0 Å². The summed E-state index contributed by atoms with van der Waals surface area (Å²) in [5.74, 6) is 0.148. The molecule has 1 saturated heterocycles. The van der Waals surface area contributed by atoms with Gasteiger partial charge in [-0.1, -0.05) is 12.1 Å². The largest absolute Gasteiger partial charge is 0.381 e. The number of halogens is 2. The zero-order valence-corrected chi connectivity index (χ0v) is 18.3. The zero-order chi connectivity index (χ0) is 18.3. The first kappa shape index (κ1) is 23.1. The number of nitrogens with one attached hydrogen (secondary N) is 1. The smallest absolute Gasteiger partial charge is 0.193 e. The molecule has 0 spiro atoms. The van der Waals surface area contributed by atoms with Gasteiger partial charge in [0.1, 0.15) is 10.7 Å². The van der Waals surface area contributed by atoms with Crippen molar-refractivity contribution in [1.82, 2.24) is 10.2 Å². The van der Waals surface area contributed by atoms with Crippen molar-refractivity contribution in [3.8, 4) is 0 Å². The SMILES string of the molecule is CCNC(=NCCS(=O)(=O)c1ccccc1F)N(C)CC1CCOC1.I. The molecule has 1 fully saturated rings. The van der Waals surface area contributed by atoms with Gasteiger partial charge in [-0.2, -0.15) is 0 Å². The lowest BCUT2D eigenvalue weighted by molar-refractivity contribution is 0.181. The highest BCUT2D eigenvalue weighted by molar-refractivity contribution is 14.0. The fourth-order valence-electron chi connectivity index (χ4n) is 2.75. The molecular weight excluding hydrogens is 472 g/mol. The molecule has 9 heteroatoms. The molecule has 148 valence electrons. The fourth-order valence-corrected chi connectivity index (χ4v) is 3.95. The van der Waals surface area contributed by atoms with E-state index < -0.39 is 15.7 Å². The second-order valence-corrected chi connectivity index (χ2v) is 8.17. The quantitative estimate of drug-likeness (QED) is 0.354. The Bertz CT molecular complexity index is 694. The minimum Gasteiger partial charge on any atom is -0.381 e. The van der Waals surface area contributed by atoms with E-state index in [1.165, 1.54) is 18.2 Å². The van der Waals surface area contributed by atoms with E-state index in [0.29, 0.717) is 18.4 Å². The second kappa shape index (κ2) is 11.0. The highest BCUT2D eigenvalue weighted by Crippen LogP contribution is 2.15. The van der Waals surface area contributed by atoms with E-state index in [-0.39, 0.29) is 41.2 Å². The predicted molar refractivity (Wildman–Crippen MR) is 111 cm³/mol. The first-order chi connectivity index (χ1) is 11.9. The Morgan fingerprint density at radius 3 is 2.77 bits per heavy atom. The van der Waals surface area contributed by atoms with Crippen molar-refractivity contribution >= 4 is 39.8 Å². The van der Waals surface area contributed by atoms with Crippen LogP contribution in [-0.4, -0.2) is 64.9 Å². The van der Waals surface area contributed by atoms with E-state index in [0.717, 1.165) is 32.2 Å². The average molecular weight is 499 g/mol. The molecule has 0 amide bonds. The first-order valence-electron chi connectivity index (χ1n) is 8.48. The van der Waals surface area contributed by atoms with Crippen LogP contribution in [0.2, 0.25) is 0 Å². The van der Waals surface area contributed by atoms with Gasteiger partial charge in [-0.05, 0) is 25.5 Å². The average Bonchev–Trinajstić information content (AvgIpc) is 3.07. The van der Waals surface area contributed by atoms with Gasteiger partial charge in [-0.15, -0.1) is 24.0 Å². The van der Waals surface area contributed by atoms with Gasteiger partial charge in [0, 0.05) is 32.7 Å². The van der Waals surface area contributed by atoms with Gasteiger partial charge in [0.15, 0.2) is 15.8 Å². The molecule has 0 saturated carbocycles. The van der Waals surface area contributed by atoms with Crippen LogP contribution in [0.4, 0.5) is 4.39 Å². The highest BCUT2D eigenvalue weighted by Gasteiger charge is 2.20. The Hall–Kier alpha value is -0.940. The molecule has 1 N–H and O–H groups in total.